The largest absolute Gasteiger partial charge is 0.494 e. The number of anilines is 2. The molecule has 2 heterocycles. The number of halogens is 1. The Morgan fingerprint density at radius 3 is 2.63 bits per heavy atom. The van der Waals surface area contributed by atoms with Gasteiger partial charge in [0.15, 0.2) is 0 Å². The van der Waals surface area contributed by atoms with E-state index in [0.717, 1.165) is 11.4 Å². The van der Waals surface area contributed by atoms with Gasteiger partial charge in [-0.1, -0.05) is 16.7 Å². The normalized spacial score (nSPS) is 16.0. The fraction of sp³-hybridized carbons (Fsp3) is 0.238. The molecule has 1 saturated heterocycles. The third-order valence-corrected chi connectivity index (χ3v) is 4.95. The van der Waals surface area contributed by atoms with Crippen molar-refractivity contribution in [2.75, 3.05) is 23.4 Å². The molecule has 1 atom stereocenters. The highest BCUT2D eigenvalue weighted by molar-refractivity contribution is 6.30. The molecule has 0 unspecified atom stereocenters. The van der Waals surface area contributed by atoms with Crippen molar-refractivity contribution in [1.82, 2.24) is 10.2 Å². The van der Waals surface area contributed by atoms with Crippen molar-refractivity contribution in [3.63, 3.8) is 0 Å². The summed E-state index contributed by atoms with van der Waals surface area (Å²) in [6.45, 7) is 2.91. The first-order chi connectivity index (χ1) is 14.5. The number of amides is 2. The van der Waals surface area contributed by atoms with Crippen molar-refractivity contribution in [2.45, 2.75) is 19.3 Å². The minimum absolute atomic E-state index is 0.0167. The molecule has 3 aromatic rings. The molecule has 1 fully saturated rings. The molecule has 30 heavy (non-hydrogen) atoms. The lowest BCUT2D eigenvalue weighted by Gasteiger charge is -2.16. The number of nitrogens with one attached hydrogen (secondary N) is 1. The molecule has 0 radical (unpaired) electrons. The molecule has 2 aromatic carbocycles. The molecule has 0 aliphatic carbocycles. The molecule has 154 valence electrons. The second-order valence-electron chi connectivity index (χ2n) is 6.74. The number of carbonyl (C=O) groups excluding carboxylic acids is 2. The van der Waals surface area contributed by atoms with Gasteiger partial charge < -0.3 is 14.1 Å². The van der Waals surface area contributed by atoms with Crippen LogP contribution < -0.4 is 15.0 Å². The highest BCUT2D eigenvalue weighted by Crippen LogP contribution is 2.32. The SMILES string of the molecule is CCOc1ccc(N2C[C@H](c3nnc(NC(=O)c4ccc(Cl)cc4)o3)CC2=O)cc1. The predicted octanol–water partition coefficient (Wildman–Crippen LogP) is 3.89. The topological polar surface area (TPSA) is 97.6 Å². The van der Waals surface area contributed by atoms with E-state index in [2.05, 4.69) is 15.5 Å². The zero-order chi connectivity index (χ0) is 21.1. The molecular weight excluding hydrogens is 408 g/mol. The van der Waals surface area contributed by atoms with Crippen LogP contribution in [-0.2, 0) is 4.79 Å². The number of hydrogen-bond acceptors (Lipinski definition) is 6. The van der Waals surface area contributed by atoms with Gasteiger partial charge >= 0.3 is 6.01 Å². The predicted molar refractivity (Wildman–Crippen MR) is 111 cm³/mol. The van der Waals surface area contributed by atoms with E-state index >= 15 is 0 Å². The van der Waals surface area contributed by atoms with Crippen LogP contribution in [0.3, 0.4) is 0 Å². The lowest BCUT2D eigenvalue weighted by molar-refractivity contribution is -0.117. The van der Waals surface area contributed by atoms with Gasteiger partial charge in [-0.25, -0.2) is 0 Å². The smallest absolute Gasteiger partial charge is 0.322 e. The Balaban J connectivity index is 1.41. The minimum Gasteiger partial charge on any atom is -0.494 e. The van der Waals surface area contributed by atoms with E-state index in [9.17, 15) is 9.59 Å². The lowest BCUT2D eigenvalue weighted by atomic mass is 10.1. The molecule has 1 aliphatic rings. The first kappa shape index (κ1) is 19.9. The average Bonchev–Trinajstić information content (AvgIpc) is 3.36. The number of aromatic nitrogens is 2. The van der Waals surface area contributed by atoms with Crippen molar-refractivity contribution in [3.8, 4) is 5.75 Å². The van der Waals surface area contributed by atoms with Crippen LogP contribution >= 0.6 is 11.6 Å². The number of hydrogen-bond donors (Lipinski definition) is 1. The van der Waals surface area contributed by atoms with Crippen molar-refractivity contribution in [2.24, 2.45) is 0 Å². The van der Waals surface area contributed by atoms with Crippen molar-refractivity contribution >= 4 is 35.1 Å². The fourth-order valence-electron chi connectivity index (χ4n) is 3.23. The molecule has 4 rings (SSSR count). The van der Waals surface area contributed by atoms with Crippen molar-refractivity contribution in [3.05, 3.63) is 65.0 Å². The van der Waals surface area contributed by atoms with Crippen LogP contribution in [0.1, 0.15) is 35.5 Å². The van der Waals surface area contributed by atoms with Gasteiger partial charge in [0.25, 0.3) is 5.91 Å². The highest BCUT2D eigenvalue weighted by atomic mass is 35.5. The zero-order valence-corrected chi connectivity index (χ0v) is 16.9. The van der Waals surface area contributed by atoms with Crippen LogP contribution in [0.5, 0.6) is 5.75 Å². The Hall–Kier alpha value is -3.39. The summed E-state index contributed by atoms with van der Waals surface area (Å²) >= 11 is 5.83. The molecule has 2 amide bonds. The number of ether oxygens (including phenoxy) is 1. The van der Waals surface area contributed by atoms with E-state index in [0.29, 0.717) is 29.6 Å². The van der Waals surface area contributed by atoms with Crippen LogP contribution in [0.15, 0.2) is 52.9 Å². The van der Waals surface area contributed by atoms with E-state index in [-0.39, 0.29) is 30.2 Å². The summed E-state index contributed by atoms with van der Waals surface area (Å²) in [5.41, 5.74) is 1.19. The summed E-state index contributed by atoms with van der Waals surface area (Å²) in [6.07, 6.45) is 0.250. The van der Waals surface area contributed by atoms with Crippen molar-refractivity contribution in [1.29, 1.82) is 0 Å². The number of rotatable bonds is 6. The maximum absolute atomic E-state index is 12.5. The third kappa shape index (κ3) is 4.28. The quantitative estimate of drug-likeness (QED) is 0.642. The molecule has 1 aliphatic heterocycles. The standard InChI is InChI=1S/C21H19ClN4O4/c1-2-29-17-9-7-16(8-10-17)26-12-14(11-18(26)27)20-24-25-21(30-20)23-19(28)13-3-5-15(22)6-4-13/h3-10,14H,2,11-12H2,1H3,(H,23,25,28)/t14-/m1/s1. The van der Waals surface area contributed by atoms with Gasteiger partial charge in [-0.15, -0.1) is 5.10 Å². The molecule has 1 N–H and O–H groups in total. The lowest BCUT2D eigenvalue weighted by Crippen LogP contribution is -2.24. The van der Waals surface area contributed by atoms with Crippen molar-refractivity contribution < 1.29 is 18.7 Å². The molecule has 0 bridgehead atoms. The molecule has 9 heteroatoms. The Labute approximate surface area is 177 Å². The number of nitrogens with zero attached hydrogens (tertiary/aromatic N) is 3. The molecule has 0 spiro atoms. The summed E-state index contributed by atoms with van der Waals surface area (Å²) in [5.74, 6) is 0.387. The summed E-state index contributed by atoms with van der Waals surface area (Å²) < 4.78 is 11.0. The first-order valence-electron chi connectivity index (χ1n) is 9.47. The Bertz CT molecular complexity index is 1050. The maximum Gasteiger partial charge on any atom is 0.322 e. The van der Waals surface area contributed by atoms with Crippen LogP contribution in [0.4, 0.5) is 11.7 Å². The monoisotopic (exact) mass is 426 g/mol. The molecule has 0 saturated carbocycles. The van der Waals surface area contributed by atoms with E-state index < -0.39 is 0 Å². The van der Waals surface area contributed by atoms with E-state index in [1.54, 1.807) is 29.2 Å². The third-order valence-electron chi connectivity index (χ3n) is 4.70. The van der Waals surface area contributed by atoms with Crippen LogP contribution in [0, 0.1) is 0 Å². The van der Waals surface area contributed by atoms with Crippen LogP contribution in [-0.4, -0.2) is 35.2 Å². The Kier molecular flexibility index (Phi) is 5.67. The zero-order valence-electron chi connectivity index (χ0n) is 16.2. The second-order valence-corrected chi connectivity index (χ2v) is 7.18. The van der Waals surface area contributed by atoms with Gasteiger partial charge in [0.1, 0.15) is 5.75 Å². The second kappa shape index (κ2) is 8.54. The maximum atomic E-state index is 12.5. The average molecular weight is 427 g/mol. The van der Waals surface area contributed by atoms with Gasteiger partial charge in [-0.3, -0.25) is 14.9 Å². The highest BCUT2D eigenvalue weighted by Gasteiger charge is 2.35. The number of carbonyl (C=O) groups is 2. The van der Waals surface area contributed by atoms with Crippen LogP contribution in [0.2, 0.25) is 5.02 Å². The van der Waals surface area contributed by atoms with Gasteiger partial charge in [-0.2, -0.15) is 0 Å². The minimum atomic E-state index is -0.389. The van der Waals surface area contributed by atoms with Gasteiger partial charge in [-0.05, 0) is 55.5 Å². The first-order valence-corrected chi connectivity index (χ1v) is 9.85. The molecule has 8 nitrogen and oxygen atoms in total. The Morgan fingerprint density at radius 1 is 1.20 bits per heavy atom. The fourth-order valence-corrected chi connectivity index (χ4v) is 3.36. The van der Waals surface area contributed by atoms with Gasteiger partial charge in [0.2, 0.25) is 11.8 Å². The summed E-state index contributed by atoms with van der Waals surface area (Å²) in [5, 5.41) is 11.0. The van der Waals surface area contributed by atoms with Gasteiger partial charge in [0.05, 0.1) is 12.5 Å². The van der Waals surface area contributed by atoms with Gasteiger partial charge in [0, 0.05) is 29.2 Å². The molecule has 1 aromatic heterocycles. The Morgan fingerprint density at radius 2 is 1.93 bits per heavy atom. The molecular formula is C21H19ClN4O4. The summed E-state index contributed by atoms with van der Waals surface area (Å²) in [6, 6.07) is 13.8. The van der Waals surface area contributed by atoms with Crippen LogP contribution in [0.25, 0.3) is 0 Å². The van der Waals surface area contributed by atoms with E-state index in [4.69, 9.17) is 20.8 Å². The summed E-state index contributed by atoms with van der Waals surface area (Å²) in [7, 11) is 0. The summed E-state index contributed by atoms with van der Waals surface area (Å²) in [4.78, 5) is 26.4. The van der Waals surface area contributed by atoms with E-state index in [1.807, 2.05) is 31.2 Å². The number of benzene rings is 2. The van der Waals surface area contributed by atoms with E-state index in [1.165, 1.54) is 0 Å².